The standard InChI is InChI=1S/C22H22N2O7/c1-28-21(26)18-12-30-14-24(20(18)22(27)29-2)16-10-8-15(9-11-16)23-19(25)13-31-17-6-4-3-5-7-17/h3-11H,12-14H2,1-2H3,(H,23,25). The van der Waals surface area contributed by atoms with Crippen molar-refractivity contribution in [1.29, 1.82) is 0 Å². The maximum Gasteiger partial charge on any atom is 0.355 e. The third-order valence-corrected chi connectivity index (χ3v) is 4.41. The number of benzene rings is 2. The maximum atomic E-state index is 12.3. The second-order valence-corrected chi connectivity index (χ2v) is 6.41. The molecule has 1 aliphatic heterocycles. The molecule has 9 nitrogen and oxygen atoms in total. The molecule has 0 saturated heterocycles. The van der Waals surface area contributed by atoms with E-state index >= 15 is 0 Å². The van der Waals surface area contributed by atoms with Gasteiger partial charge in [-0.15, -0.1) is 0 Å². The molecule has 0 saturated carbocycles. The van der Waals surface area contributed by atoms with Crippen LogP contribution in [0.4, 0.5) is 11.4 Å². The third-order valence-electron chi connectivity index (χ3n) is 4.41. The van der Waals surface area contributed by atoms with Crippen molar-refractivity contribution in [3.05, 3.63) is 65.9 Å². The van der Waals surface area contributed by atoms with Gasteiger partial charge < -0.3 is 29.2 Å². The number of para-hydroxylation sites is 1. The quantitative estimate of drug-likeness (QED) is 0.672. The number of hydrogen-bond acceptors (Lipinski definition) is 8. The van der Waals surface area contributed by atoms with E-state index in [1.54, 1.807) is 36.4 Å². The van der Waals surface area contributed by atoms with Crippen molar-refractivity contribution in [3.63, 3.8) is 0 Å². The lowest BCUT2D eigenvalue weighted by atomic mass is 10.1. The number of nitrogens with one attached hydrogen (secondary N) is 1. The van der Waals surface area contributed by atoms with Gasteiger partial charge in [-0.3, -0.25) is 4.79 Å². The summed E-state index contributed by atoms with van der Waals surface area (Å²) in [4.78, 5) is 38.0. The zero-order valence-electron chi connectivity index (χ0n) is 17.1. The normalized spacial score (nSPS) is 13.4. The summed E-state index contributed by atoms with van der Waals surface area (Å²) in [5.41, 5.74) is 1.23. The monoisotopic (exact) mass is 426 g/mol. The van der Waals surface area contributed by atoms with Gasteiger partial charge in [-0.25, -0.2) is 9.59 Å². The first-order chi connectivity index (χ1) is 15.0. The lowest BCUT2D eigenvalue weighted by molar-refractivity contribution is -0.140. The van der Waals surface area contributed by atoms with Crippen LogP contribution >= 0.6 is 0 Å². The minimum atomic E-state index is -0.681. The van der Waals surface area contributed by atoms with Gasteiger partial charge in [-0.2, -0.15) is 0 Å². The Morgan fingerprint density at radius 2 is 1.65 bits per heavy atom. The van der Waals surface area contributed by atoms with Crippen molar-refractivity contribution in [2.45, 2.75) is 0 Å². The summed E-state index contributed by atoms with van der Waals surface area (Å²) in [5.74, 6) is -1.07. The molecule has 1 amide bonds. The van der Waals surface area contributed by atoms with Gasteiger partial charge in [0.1, 0.15) is 18.2 Å². The average molecular weight is 426 g/mol. The Morgan fingerprint density at radius 1 is 0.968 bits per heavy atom. The summed E-state index contributed by atoms with van der Waals surface area (Å²) >= 11 is 0. The summed E-state index contributed by atoms with van der Waals surface area (Å²) in [5, 5.41) is 2.73. The Morgan fingerprint density at radius 3 is 2.29 bits per heavy atom. The number of rotatable bonds is 7. The van der Waals surface area contributed by atoms with E-state index < -0.39 is 11.9 Å². The number of anilines is 2. The fraction of sp³-hybridized carbons (Fsp3) is 0.227. The molecule has 9 heteroatoms. The van der Waals surface area contributed by atoms with Gasteiger partial charge in [0, 0.05) is 11.4 Å². The van der Waals surface area contributed by atoms with Gasteiger partial charge in [0.05, 0.1) is 26.4 Å². The first-order valence-corrected chi connectivity index (χ1v) is 9.36. The first-order valence-electron chi connectivity index (χ1n) is 9.36. The van der Waals surface area contributed by atoms with Crippen molar-refractivity contribution in [2.24, 2.45) is 0 Å². The molecule has 0 unspecified atom stereocenters. The third kappa shape index (κ3) is 5.40. The van der Waals surface area contributed by atoms with Crippen LogP contribution in [0.15, 0.2) is 65.9 Å². The smallest absolute Gasteiger partial charge is 0.355 e. The van der Waals surface area contributed by atoms with Crippen molar-refractivity contribution >= 4 is 29.2 Å². The molecule has 0 radical (unpaired) electrons. The SMILES string of the molecule is COC(=O)C1=C(C(=O)OC)N(c2ccc(NC(=O)COc3ccccc3)cc2)COC1. The molecule has 1 aliphatic rings. The molecule has 1 N–H and O–H groups in total. The zero-order chi connectivity index (χ0) is 22.2. The van der Waals surface area contributed by atoms with Gasteiger partial charge >= 0.3 is 11.9 Å². The lowest BCUT2D eigenvalue weighted by Crippen LogP contribution is -2.38. The topological polar surface area (TPSA) is 103 Å². The van der Waals surface area contributed by atoms with E-state index in [-0.39, 0.29) is 37.1 Å². The predicted octanol–water partition coefficient (Wildman–Crippen LogP) is 2.10. The highest BCUT2D eigenvalue weighted by molar-refractivity contribution is 6.03. The summed E-state index contributed by atoms with van der Waals surface area (Å²) in [6.07, 6.45) is 0. The number of amides is 1. The molecule has 0 bridgehead atoms. The van der Waals surface area contributed by atoms with E-state index in [2.05, 4.69) is 5.32 Å². The molecule has 2 aromatic rings. The highest BCUT2D eigenvalue weighted by atomic mass is 16.5. The molecule has 2 aromatic carbocycles. The van der Waals surface area contributed by atoms with E-state index in [4.69, 9.17) is 18.9 Å². The molecule has 0 aromatic heterocycles. The Kier molecular flexibility index (Phi) is 7.23. The lowest BCUT2D eigenvalue weighted by Gasteiger charge is -2.31. The summed E-state index contributed by atoms with van der Waals surface area (Å²) in [7, 11) is 2.45. The highest BCUT2D eigenvalue weighted by Gasteiger charge is 2.32. The van der Waals surface area contributed by atoms with Crippen molar-refractivity contribution in [3.8, 4) is 5.75 Å². The first kappa shape index (κ1) is 21.8. The minimum absolute atomic E-state index is 0.0432. The molecule has 0 spiro atoms. The number of ether oxygens (including phenoxy) is 4. The highest BCUT2D eigenvalue weighted by Crippen LogP contribution is 2.27. The van der Waals surface area contributed by atoms with Crippen LogP contribution in [0, 0.1) is 0 Å². The van der Waals surface area contributed by atoms with E-state index in [9.17, 15) is 14.4 Å². The van der Waals surface area contributed by atoms with Gasteiger partial charge in [0.15, 0.2) is 6.61 Å². The van der Waals surface area contributed by atoms with Gasteiger partial charge in [0.2, 0.25) is 0 Å². The van der Waals surface area contributed by atoms with E-state index in [0.717, 1.165) is 0 Å². The van der Waals surface area contributed by atoms with Crippen LogP contribution in [-0.2, 0) is 28.6 Å². The second kappa shape index (κ2) is 10.3. The van der Waals surface area contributed by atoms with Crippen LogP contribution in [0.1, 0.15) is 0 Å². The summed E-state index contributed by atoms with van der Waals surface area (Å²) in [6.45, 7) is -0.159. The molecular weight excluding hydrogens is 404 g/mol. The molecule has 0 aliphatic carbocycles. The average Bonchev–Trinajstić information content (AvgIpc) is 2.82. The van der Waals surface area contributed by atoms with Gasteiger partial charge in [0.25, 0.3) is 5.91 Å². The van der Waals surface area contributed by atoms with Crippen molar-refractivity contribution < 1.29 is 33.3 Å². The summed E-state index contributed by atoms with van der Waals surface area (Å²) < 4.78 is 20.4. The number of nitrogens with zero attached hydrogens (tertiary/aromatic N) is 1. The molecule has 0 atom stereocenters. The van der Waals surface area contributed by atoms with Crippen LogP contribution in [0.25, 0.3) is 0 Å². The predicted molar refractivity (Wildman–Crippen MR) is 111 cm³/mol. The largest absolute Gasteiger partial charge is 0.484 e. The number of methoxy groups -OCH3 is 2. The van der Waals surface area contributed by atoms with Crippen LogP contribution < -0.4 is 15.0 Å². The molecule has 0 fully saturated rings. The zero-order valence-corrected chi connectivity index (χ0v) is 17.1. The van der Waals surface area contributed by atoms with Crippen LogP contribution in [0.2, 0.25) is 0 Å². The molecule has 3 rings (SSSR count). The van der Waals surface area contributed by atoms with Crippen LogP contribution in [-0.4, -0.2) is 52.0 Å². The molecule has 31 heavy (non-hydrogen) atoms. The second-order valence-electron chi connectivity index (χ2n) is 6.41. The van der Waals surface area contributed by atoms with Crippen molar-refractivity contribution in [1.82, 2.24) is 0 Å². The molecule has 1 heterocycles. The Labute approximate surface area is 179 Å². The fourth-order valence-electron chi connectivity index (χ4n) is 2.93. The Balaban J connectivity index is 1.71. The van der Waals surface area contributed by atoms with E-state index in [1.807, 2.05) is 18.2 Å². The maximum absolute atomic E-state index is 12.3. The van der Waals surface area contributed by atoms with E-state index in [1.165, 1.54) is 19.1 Å². The fourth-order valence-corrected chi connectivity index (χ4v) is 2.93. The minimum Gasteiger partial charge on any atom is -0.484 e. The molecular formula is C22H22N2O7. The summed E-state index contributed by atoms with van der Waals surface area (Å²) in [6, 6.07) is 15.7. The van der Waals surface area contributed by atoms with E-state index in [0.29, 0.717) is 17.1 Å². The Bertz CT molecular complexity index is 971. The number of hydrogen-bond donors (Lipinski definition) is 1. The van der Waals surface area contributed by atoms with Gasteiger partial charge in [-0.1, -0.05) is 18.2 Å². The molecule has 162 valence electrons. The van der Waals surface area contributed by atoms with Crippen molar-refractivity contribution in [2.75, 3.05) is 44.4 Å². The van der Waals surface area contributed by atoms with Gasteiger partial charge in [-0.05, 0) is 36.4 Å². The number of carbonyl (C=O) groups excluding carboxylic acids is 3. The Hall–Kier alpha value is -3.85. The van der Waals surface area contributed by atoms with Crippen LogP contribution in [0.5, 0.6) is 5.75 Å². The number of carbonyl (C=O) groups is 3. The number of esters is 2. The van der Waals surface area contributed by atoms with Crippen LogP contribution in [0.3, 0.4) is 0 Å².